The van der Waals surface area contributed by atoms with E-state index in [2.05, 4.69) is 20.9 Å². The zero-order valence-electron chi connectivity index (χ0n) is 11.0. The van der Waals surface area contributed by atoms with Gasteiger partial charge in [0.2, 0.25) is 0 Å². The molecule has 0 aliphatic heterocycles. The first kappa shape index (κ1) is 15.6. The van der Waals surface area contributed by atoms with E-state index in [0.717, 1.165) is 5.56 Å². The van der Waals surface area contributed by atoms with Gasteiger partial charge in [-0.25, -0.2) is 4.79 Å². The molecular formula is C14H11BrClNO4. The standard InChI is InChI=1S/C14H11BrClNO4/c1-20-12-5-9(14(18)19)4-10(15)13(12)21-7-8-2-3-17-6-11(8)16/h2-6H,7H2,1H3,(H,18,19). The molecule has 2 rings (SSSR count). The van der Waals surface area contributed by atoms with Crippen molar-refractivity contribution >= 4 is 33.5 Å². The topological polar surface area (TPSA) is 68.7 Å². The Morgan fingerprint density at radius 1 is 1.48 bits per heavy atom. The monoisotopic (exact) mass is 371 g/mol. The molecule has 0 spiro atoms. The van der Waals surface area contributed by atoms with E-state index in [0.29, 0.717) is 21.0 Å². The van der Waals surface area contributed by atoms with Gasteiger partial charge in [-0.05, 0) is 34.1 Å². The molecule has 0 amide bonds. The van der Waals surface area contributed by atoms with Crippen LogP contribution in [0.4, 0.5) is 0 Å². The summed E-state index contributed by atoms with van der Waals surface area (Å²) < 4.78 is 11.3. The lowest BCUT2D eigenvalue weighted by Gasteiger charge is -2.14. The number of carbonyl (C=O) groups is 1. The molecule has 1 heterocycles. The van der Waals surface area contributed by atoms with Crippen LogP contribution in [0.15, 0.2) is 35.1 Å². The zero-order valence-corrected chi connectivity index (χ0v) is 13.3. The highest BCUT2D eigenvalue weighted by Crippen LogP contribution is 2.37. The second kappa shape index (κ2) is 6.78. The number of ether oxygens (including phenoxy) is 2. The molecule has 0 saturated heterocycles. The van der Waals surface area contributed by atoms with E-state index >= 15 is 0 Å². The number of rotatable bonds is 5. The van der Waals surface area contributed by atoms with Crippen LogP contribution >= 0.6 is 27.5 Å². The summed E-state index contributed by atoms with van der Waals surface area (Å²) >= 11 is 9.29. The Bertz CT molecular complexity index is 678. The molecule has 110 valence electrons. The predicted molar refractivity (Wildman–Crippen MR) is 81.2 cm³/mol. The summed E-state index contributed by atoms with van der Waals surface area (Å²) in [6, 6.07) is 4.60. The smallest absolute Gasteiger partial charge is 0.335 e. The van der Waals surface area contributed by atoms with E-state index in [-0.39, 0.29) is 12.2 Å². The second-order valence-corrected chi connectivity index (χ2v) is 5.31. The van der Waals surface area contributed by atoms with Gasteiger partial charge in [0.05, 0.1) is 22.2 Å². The zero-order chi connectivity index (χ0) is 15.4. The average molecular weight is 373 g/mol. The number of nitrogens with zero attached hydrogens (tertiary/aromatic N) is 1. The molecule has 0 unspecified atom stereocenters. The Morgan fingerprint density at radius 2 is 2.24 bits per heavy atom. The van der Waals surface area contributed by atoms with E-state index < -0.39 is 5.97 Å². The fourth-order valence-corrected chi connectivity index (χ4v) is 2.38. The van der Waals surface area contributed by atoms with Crippen LogP contribution in [-0.2, 0) is 6.61 Å². The van der Waals surface area contributed by atoms with Gasteiger partial charge in [-0.3, -0.25) is 4.98 Å². The number of halogens is 2. The van der Waals surface area contributed by atoms with Crippen LogP contribution in [-0.4, -0.2) is 23.2 Å². The van der Waals surface area contributed by atoms with Gasteiger partial charge in [0.1, 0.15) is 6.61 Å². The Morgan fingerprint density at radius 3 is 2.86 bits per heavy atom. The fraction of sp³-hybridized carbons (Fsp3) is 0.143. The number of benzene rings is 1. The van der Waals surface area contributed by atoms with Crippen molar-refractivity contribution in [1.82, 2.24) is 4.98 Å². The summed E-state index contributed by atoms with van der Waals surface area (Å²) in [6.07, 6.45) is 3.14. The van der Waals surface area contributed by atoms with E-state index in [1.807, 2.05) is 0 Å². The van der Waals surface area contributed by atoms with Gasteiger partial charge in [0.15, 0.2) is 11.5 Å². The predicted octanol–water partition coefficient (Wildman–Crippen LogP) is 3.78. The molecule has 1 aromatic heterocycles. The summed E-state index contributed by atoms with van der Waals surface area (Å²) in [6.45, 7) is 0.211. The van der Waals surface area contributed by atoms with Gasteiger partial charge in [-0.1, -0.05) is 11.6 Å². The molecule has 1 aromatic carbocycles. The lowest BCUT2D eigenvalue weighted by atomic mass is 10.2. The minimum Gasteiger partial charge on any atom is -0.493 e. The van der Waals surface area contributed by atoms with Crippen molar-refractivity contribution in [2.75, 3.05) is 7.11 Å². The third-order valence-electron chi connectivity index (χ3n) is 2.70. The van der Waals surface area contributed by atoms with Gasteiger partial charge >= 0.3 is 5.97 Å². The molecule has 0 aliphatic rings. The van der Waals surface area contributed by atoms with Gasteiger partial charge in [0, 0.05) is 18.0 Å². The normalized spacial score (nSPS) is 10.2. The Balaban J connectivity index is 2.28. The molecule has 2 aromatic rings. The van der Waals surface area contributed by atoms with E-state index in [9.17, 15) is 4.79 Å². The Labute approximate surface area is 134 Å². The highest BCUT2D eigenvalue weighted by molar-refractivity contribution is 9.10. The Kier molecular flexibility index (Phi) is 5.03. The van der Waals surface area contributed by atoms with E-state index in [1.54, 1.807) is 12.3 Å². The molecule has 0 fully saturated rings. The first-order valence-corrected chi connectivity index (χ1v) is 7.02. The van der Waals surface area contributed by atoms with E-state index in [4.69, 9.17) is 26.2 Å². The van der Waals surface area contributed by atoms with Crippen LogP contribution in [0.2, 0.25) is 5.02 Å². The SMILES string of the molecule is COc1cc(C(=O)O)cc(Br)c1OCc1ccncc1Cl. The number of methoxy groups -OCH3 is 1. The highest BCUT2D eigenvalue weighted by atomic mass is 79.9. The maximum atomic E-state index is 11.0. The van der Waals surface area contributed by atoms with Gasteiger partial charge in [-0.2, -0.15) is 0 Å². The molecular weight excluding hydrogens is 362 g/mol. The van der Waals surface area contributed by atoms with Crippen molar-refractivity contribution in [3.8, 4) is 11.5 Å². The van der Waals surface area contributed by atoms with Crippen LogP contribution in [0, 0.1) is 0 Å². The van der Waals surface area contributed by atoms with Gasteiger partial charge in [-0.15, -0.1) is 0 Å². The van der Waals surface area contributed by atoms with Crippen LogP contribution in [0.5, 0.6) is 11.5 Å². The van der Waals surface area contributed by atoms with Crippen molar-refractivity contribution in [2.45, 2.75) is 6.61 Å². The molecule has 0 atom stereocenters. The van der Waals surface area contributed by atoms with Crippen molar-refractivity contribution in [3.05, 3.63) is 51.2 Å². The molecule has 7 heteroatoms. The molecule has 21 heavy (non-hydrogen) atoms. The molecule has 0 saturated carbocycles. The third kappa shape index (κ3) is 3.65. The van der Waals surface area contributed by atoms with Crippen molar-refractivity contribution in [3.63, 3.8) is 0 Å². The first-order chi connectivity index (χ1) is 10.0. The molecule has 0 bridgehead atoms. The molecule has 0 radical (unpaired) electrons. The summed E-state index contributed by atoms with van der Waals surface area (Å²) in [7, 11) is 1.44. The quantitative estimate of drug-likeness (QED) is 0.865. The van der Waals surface area contributed by atoms with Gasteiger partial charge < -0.3 is 14.6 Å². The van der Waals surface area contributed by atoms with E-state index in [1.165, 1.54) is 25.4 Å². The first-order valence-electron chi connectivity index (χ1n) is 5.85. The number of hydrogen-bond acceptors (Lipinski definition) is 4. The van der Waals surface area contributed by atoms with Crippen LogP contribution in [0.1, 0.15) is 15.9 Å². The number of hydrogen-bond donors (Lipinski definition) is 1. The molecule has 5 nitrogen and oxygen atoms in total. The lowest BCUT2D eigenvalue weighted by molar-refractivity contribution is 0.0696. The minimum absolute atomic E-state index is 0.105. The number of carboxylic acids is 1. The number of aromatic carboxylic acids is 1. The largest absolute Gasteiger partial charge is 0.493 e. The second-order valence-electron chi connectivity index (χ2n) is 4.05. The number of aromatic nitrogens is 1. The molecule has 1 N–H and O–H groups in total. The van der Waals surface area contributed by atoms with Crippen molar-refractivity contribution < 1.29 is 19.4 Å². The molecule has 0 aliphatic carbocycles. The van der Waals surface area contributed by atoms with Crippen LogP contribution in [0.25, 0.3) is 0 Å². The van der Waals surface area contributed by atoms with Gasteiger partial charge in [0.25, 0.3) is 0 Å². The minimum atomic E-state index is -1.04. The fourth-order valence-electron chi connectivity index (χ4n) is 1.65. The summed E-state index contributed by atoms with van der Waals surface area (Å²) in [5.74, 6) is -0.305. The average Bonchev–Trinajstić information content (AvgIpc) is 2.46. The van der Waals surface area contributed by atoms with Crippen LogP contribution in [0.3, 0.4) is 0 Å². The number of carboxylic acid groups (broad SMARTS) is 1. The summed E-state index contributed by atoms with van der Waals surface area (Å²) in [4.78, 5) is 14.9. The lowest BCUT2D eigenvalue weighted by Crippen LogP contribution is -2.02. The number of pyridine rings is 1. The maximum Gasteiger partial charge on any atom is 0.335 e. The van der Waals surface area contributed by atoms with Crippen molar-refractivity contribution in [2.24, 2.45) is 0 Å². The Hall–Kier alpha value is -1.79. The van der Waals surface area contributed by atoms with Crippen molar-refractivity contribution in [1.29, 1.82) is 0 Å². The highest BCUT2D eigenvalue weighted by Gasteiger charge is 2.15. The third-order valence-corrected chi connectivity index (χ3v) is 3.63. The maximum absolute atomic E-state index is 11.0. The summed E-state index contributed by atoms with van der Waals surface area (Å²) in [5.41, 5.74) is 0.871. The van der Waals surface area contributed by atoms with Crippen LogP contribution < -0.4 is 9.47 Å². The summed E-state index contributed by atoms with van der Waals surface area (Å²) in [5, 5.41) is 9.52.